The van der Waals surface area contributed by atoms with Gasteiger partial charge in [-0.15, -0.1) is 0 Å². The van der Waals surface area contributed by atoms with Gasteiger partial charge in [-0.1, -0.05) is 17.7 Å². The third-order valence-corrected chi connectivity index (χ3v) is 4.24. The molecule has 0 aromatic heterocycles. The Morgan fingerprint density at radius 3 is 2.71 bits per heavy atom. The summed E-state index contributed by atoms with van der Waals surface area (Å²) in [5.74, 6) is -0.796. The van der Waals surface area contributed by atoms with Crippen LogP contribution in [-0.2, 0) is 6.42 Å². The summed E-state index contributed by atoms with van der Waals surface area (Å²) in [5, 5.41) is 10.6. The van der Waals surface area contributed by atoms with Crippen LogP contribution in [0.5, 0.6) is 5.75 Å². The molecule has 0 spiro atoms. The maximum atomic E-state index is 12.9. The molecule has 21 heavy (non-hydrogen) atoms. The Morgan fingerprint density at radius 1 is 1.38 bits per heavy atom. The van der Waals surface area contributed by atoms with Crippen molar-refractivity contribution in [2.75, 3.05) is 7.11 Å². The maximum absolute atomic E-state index is 12.9. The van der Waals surface area contributed by atoms with E-state index in [2.05, 4.69) is 0 Å². The predicted molar refractivity (Wildman–Crippen MR) is 74.4 cm³/mol. The molecule has 0 bridgehead atoms. The summed E-state index contributed by atoms with van der Waals surface area (Å²) >= 11 is 0. The van der Waals surface area contributed by atoms with Crippen molar-refractivity contribution < 1.29 is 23.0 Å². The minimum atomic E-state index is -4.23. The molecule has 5 heteroatoms. The van der Waals surface area contributed by atoms with Crippen molar-refractivity contribution in [3.8, 4) is 5.75 Å². The lowest BCUT2D eigenvalue weighted by atomic mass is 9.74. The van der Waals surface area contributed by atoms with Gasteiger partial charge in [-0.05, 0) is 44.2 Å². The van der Waals surface area contributed by atoms with Gasteiger partial charge in [-0.25, -0.2) is 0 Å². The van der Waals surface area contributed by atoms with Gasteiger partial charge in [0.1, 0.15) is 5.75 Å². The SMILES string of the molecule is COc1ccc(C)cc1CC1(O)CCCC(C(F)(F)F)C1. The van der Waals surface area contributed by atoms with Gasteiger partial charge >= 0.3 is 6.18 Å². The minimum absolute atomic E-state index is 0.108. The Morgan fingerprint density at radius 2 is 2.10 bits per heavy atom. The smallest absolute Gasteiger partial charge is 0.391 e. The molecule has 1 saturated carbocycles. The fourth-order valence-electron chi connectivity index (χ4n) is 3.18. The van der Waals surface area contributed by atoms with Crippen molar-refractivity contribution in [1.29, 1.82) is 0 Å². The number of methoxy groups -OCH3 is 1. The van der Waals surface area contributed by atoms with Crippen LogP contribution in [0.25, 0.3) is 0 Å². The van der Waals surface area contributed by atoms with Crippen LogP contribution in [0.3, 0.4) is 0 Å². The van der Waals surface area contributed by atoms with E-state index >= 15 is 0 Å². The van der Waals surface area contributed by atoms with Crippen LogP contribution in [0.1, 0.15) is 36.8 Å². The van der Waals surface area contributed by atoms with E-state index in [4.69, 9.17) is 4.74 Å². The second-order valence-electron chi connectivity index (χ2n) is 6.05. The first kappa shape index (κ1) is 16.1. The number of hydrogen-bond donors (Lipinski definition) is 1. The number of rotatable bonds is 3. The van der Waals surface area contributed by atoms with E-state index in [1.54, 1.807) is 6.07 Å². The summed E-state index contributed by atoms with van der Waals surface area (Å²) in [6.45, 7) is 1.91. The first-order valence-electron chi connectivity index (χ1n) is 7.16. The fraction of sp³-hybridized carbons (Fsp3) is 0.625. The zero-order chi connectivity index (χ0) is 15.7. The van der Waals surface area contributed by atoms with E-state index in [1.165, 1.54) is 7.11 Å². The predicted octanol–water partition coefficient (Wildman–Crippen LogP) is 4.03. The molecule has 1 aromatic rings. The lowest BCUT2D eigenvalue weighted by Gasteiger charge is -2.38. The number of ether oxygens (including phenoxy) is 1. The fourth-order valence-corrected chi connectivity index (χ4v) is 3.18. The Hall–Kier alpha value is -1.23. The van der Waals surface area contributed by atoms with Crippen LogP contribution in [-0.4, -0.2) is 24.0 Å². The number of aryl methyl sites for hydroxylation is 1. The molecule has 1 aliphatic rings. The van der Waals surface area contributed by atoms with Gasteiger partial charge < -0.3 is 9.84 Å². The van der Waals surface area contributed by atoms with Gasteiger partial charge in [-0.3, -0.25) is 0 Å². The monoisotopic (exact) mass is 302 g/mol. The van der Waals surface area contributed by atoms with Crippen LogP contribution in [0, 0.1) is 12.8 Å². The minimum Gasteiger partial charge on any atom is -0.496 e. The highest BCUT2D eigenvalue weighted by Crippen LogP contribution is 2.43. The highest BCUT2D eigenvalue weighted by molar-refractivity contribution is 5.38. The van der Waals surface area contributed by atoms with Gasteiger partial charge in [0.15, 0.2) is 0 Å². The largest absolute Gasteiger partial charge is 0.496 e. The molecule has 0 amide bonds. The number of alkyl halides is 3. The molecule has 1 aliphatic carbocycles. The molecular formula is C16H21F3O2. The molecule has 0 radical (unpaired) electrons. The van der Waals surface area contributed by atoms with Gasteiger partial charge in [0.2, 0.25) is 0 Å². The molecule has 0 aliphatic heterocycles. The standard InChI is InChI=1S/C16H21F3O2/c1-11-5-6-14(21-2)12(8-11)9-15(20)7-3-4-13(10-15)16(17,18)19/h5-6,8,13,20H,3-4,7,9-10H2,1-2H3. The van der Waals surface area contributed by atoms with Gasteiger partial charge in [0, 0.05) is 6.42 Å². The van der Waals surface area contributed by atoms with E-state index < -0.39 is 17.7 Å². The number of halogens is 3. The van der Waals surface area contributed by atoms with Crippen molar-refractivity contribution in [3.05, 3.63) is 29.3 Å². The molecule has 0 saturated heterocycles. The Balaban J connectivity index is 2.19. The van der Waals surface area contributed by atoms with Gasteiger partial charge in [-0.2, -0.15) is 13.2 Å². The van der Waals surface area contributed by atoms with E-state index in [0.717, 1.165) is 11.1 Å². The third kappa shape index (κ3) is 3.90. The molecule has 2 unspecified atom stereocenters. The van der Waals surface area contributed by atoms with Crippen LogP contribution in [0.4, 0.5) is 13.2 Å². The second-order valence-corrected chi connectivity index (χ2v) is 6.05. The zero-order valence-electron chi connectivity index (χ0n) is 12.3. The average molecular weight is 302 g/mol. The summed E-state index contributed by atoms with van der Waals surface area (Å²) < 4.78 is 43.9. The highest BCUT2D eigenvalue weighted by Gasteiger charge is 2.47. The molecule has 1 aromatic carbocycles. The Kier molecular flexibility index (Phi) is 4.51. The maximum Gasteiger partial charge on any atom is 0.391 e. The molecular weight excluding hydrogens is 281 g/mol. The van der Waals surface area contributed by atoms with Crippen LogP contribution >= 0.6 is 0 Å². The summed E-state index contributed by atoms with van der Waals surface area (Å²) in [6.07, 6.45) is -3.36. The number of hydrogen-bond acceptors (Lipinski definition) is 2. The molecule has 1 N–H and O–H groups in total. The van der Waals surface area contributed by atoms with Crippen molar-refractivity contribution in [3.63, 3.8) is 0 Å². The van der Waals surface area contributed by atoms with E-state index in [-0.39, 0.29) is 19.3 Å². The molecule has 118 valence electrons. The van der Waals surface area contributed by atoms with Crippen molar-refractivity contribution in [2.45, 2.75) is 50.8 Å². The number of aliphatic hydroxyl groups is 1. The van der Waals surface area contributed by atoms with Crippen molar-refractivity contribution in [2.24, 2.45) is 5.92 Å². The van der Waals surface area contributed by atoms with Crippen LogP contribution in [0.15, 0.2) is 18.2 Å². The molecule has 2 atom stereocenters. The van der Waals surface area contributed by atoms with Crippen LogP contribution < -0.4 is 4.74 Å². The summed E-state index contributed by atoms with van der Waals surface area (Å²) in [5.41, 5.74) is 0.458. The molecule has 1 fully saturated rings. The lowest BCUT2D eigenvalue weighted by Crippen LogP contribution is -2.42. The van der Waals surface area contributed by atoms with Crippen molar-refractivity contribution >= 4 is 0 Å². The summed E-state index contributed by atoms with van der Waals surface area (Å²) in [7, 11) is 1.53. The zero-order valence-corrected chi connectivity index (χ0v) is 12.3. The Bertz CT molecular complexity index is 499. The van der Waals surface area contributed by atoms with Crippen molar-refractivity contribution in [1.82, 2.24) is 0 Å². The number of benzene rings is 1. The first-order valence-corrected chi connectivity index (χ1v) is 7.16. The molecule has 2 nitrogen and oxygen atoms in total. The second kappa shape index (κ2) is 5.87. The topological polar surface area (TPSA) is 29.5 Å². The van der Waals surface area contributed by atoms with Gasteiger partial charge in [0.05, 0.1) is 18.6 Å². The van der Waals surface area contributed by atoms with Crippen LogP contribution in [0.2, 0.25) is 0 Å². The molecule has 2 rings (SSSR count). The lowest BCUT2D eigenvalue weighted by molar-refractivity contribution is -0.200. The average Bonchev–Trinajstić information content (AvgIpc) is 2.37. The summed E-state index contributed by atoms with van der Waals surface area (Å²) in [6, 6.07) is 5.54. The van der Waals surface area contributed by atoms with E-state index in [0.29, 0.717) is 18.6 Å². The third-order valence-electron chi connectivity index (χ3n) is 4.24. The first-order chi connectivity index (χ1) is 9.73. The normalized spacial score (nSPS) is 26.7. The Labute approximate surface area is 122 Å². The quantitative estimate of drug-likeness (QED) is 0.913. The highest BCUT2D eigenvalue weighted by atomic mass is 19.4. The van der Waals surface area contributed by atoms with Gasteiger partial charge in [0.25, 0.3) is 0 Å². The molecule has 0 heterocycles. The van der Waals surface area contributed by atoms with E-state index in [9.17, 15) is 18.3 Å². The summed E-state index contributed by atoms with van der Waals surface area (Å²) in [4.78, 5) is 0. The van der Waals surface area contributed by atoms with E-state index in [1.807, 2.05) is 19.1 Å².